The average molecular weight is 269 g/mol. The molecule has 20 heavy (non-hydrogen) atoms. The summed E-state index contributed by atoms with van der Waals surface area (Å²) in [7, 11) is 1.63. The minimum absolute atomic E-state index is 0.0153. The van der Waals surface area contributed by atoms with Gasteiger partial charge in [-0.2, -0.15) is 0 Å². The van der Waals surface area contributed by atoms with Crippen molar-refractivity contribution in [3.8, 4) is 5.75 Å². The van der Waals surface area contributed by atoms with Gasteiger partial charge in [-0.05, 0) is 18.6 Å². The zero-order chi connectivity index (χ0) is 14.4. The third-order valence-corrected chi connectivity index (χ3v) is 3.12. The van der Waals surface area contributed by atoms with E-state index in [4.69, 9.17) is 4.74 Å². The van der Waals surface area contributed by atoms with Crippen molar-refractivity contribution in [2.75, 3.05) is 7.11 Å². The Hall–Kier alpha value is -2.29. The van der Waals surface area contributed by atoms with Gasteiger partial charge in [-0.1, -0.05) is 48.0 Å². The van der Waals surface area contributed by atoms with E-state index in [9.17, 15) is 4.79 Å². The Bertz CT molecular complexity index is 593. The maximum atomic E-state index is 11.9. The molecule has 1 amide bonds. The minimum Gasteiger partial charge on any atom is -0.496 e. The summed E-state index contributed by atoms with van der Waals surface area (Å²) < 4.78 is 5.26. The van der Waals surface area contributed by atoms with Crippen LogP contribution in [0, 0.1) is 6.92 Å². The molecule has 0 heterocycles. The van der Waals surface area contributed by atoms with Crippen LogP contribution in [0.1, 0.15) is 16.7 Å². The highest BCUT2D eigenvalue weighted by Crippen LogP contribution is 2.16. The van der Waals surface area contributed by atoms with E-state index in [-0.39, 0.29) is 5.91 Å². The number of amides is 1. The molecule has 0 atom stereocenters. The molecule has 2 aromatic carbocycles. The van der Waals surface area contributed by atoms with Gasteiger partial charge in [-0.15, -0.1) is 0 Å². The van der Waals surface area contributed by atoms with Crippen LogP contribution in [-0.4, -0.2) is 13.0 Å². The number of para-hydroxylation sites is 1. The Balaban J connectivity index is 1.92. The number of methoxy groups -OCH3 is 1. The SMILES string of the molecule is COc1ccccc1CNC(=O)Cc1cccc(C)c1. The zero-order valence-electron chi connectivity index (χ0n) is 11.8. The molecule has 0 saturated carbocycles. The first-order chi connectivity index (χ1) is 9.69. The number of nitrogens with one attached hydrogen (secondary N) is 1. The first-order valence-electron chi connectivity index (χ1n) is 6.63. The molecular weight excluding hydrogens is 250 g/mol. The van der Waals surface area contributed by atoms with Crippen LogP contribution >= 0.6 is 0 Å². The van der Waals surface area contributed by atoms with Gasteiger partial charge >= 0.3 is 0 Å². The van der Waals surface area contributed by atoms with Crippen LogP contribution in [0.4, 0.5) is 0 Å². The Morgan fingerprint density at radius 1 is 1.15 bits per heavy atom. The molecule has 0 aliphatic rings. The lowest BCUT2D eigenvalue weighted by Gasteiger charge is -2.09. The maximum Gasteiger partial charge on any atom is 0.224 e. The summed E-state index contributed by atoms with van der Waals surface area (Å²) in [6, 6.07) is 15.7. The molecule has 0 spiro atoms. The highest BCUT2D eigenvalue weighted by Gasteiger charge is 2.06. The van der Waals surface area contributed by atoms with E-state index in [1.54, 1.807) is 7.11 Å². The van der Waals surface area contributed by atoms with Gasteiger partial charge in [-0.3, -0.25) is 4.79 Å². The molecule has 0 radical (unpaired) electrons. The molecule has 0 fully saturated rings. The minimum atomic E-state index is 0.0153. The number of aryl methyl sites for hydroxylation is 1. The van der Waals surface area contributed by atoms with Crippen molar-refractivity contribution < 1.29 is 9.53 Å². The van der Waals surface area contributed by atoms with Gasteiger partial charge in [0.1, 0.15) is 5.75 Å². The number of rotatable bonds is 5. The van der Waals surface area contributed by atoms with Gasteiger partial charge < -0.3 is 10.1 Å². The lowest BCUT2D eigenvalue weighted by Crippen LogP contribution is -2.24. The van der Waals surface area contributed by atoms with Crippen molar-refractivity contribution in [1.82, 2.24) is 5.32 Å². The summed E-state index contributed by atoms with van der Waals surface area (Å²) in [5, 5.41) is 2.92. The second-order valence-corrected chi connectivity index (χ2v) is 4.75. The molecule has 0 unspecified atom stereocenters. The van der Waals surface area contributed by atoms with E-state index in [1.807, 2.05) is 55.5 Å². The Kier molecular flexibility index (Phi) is 4.77. The molecule has 2 rings (SSSR count). The first kappa shape index (κ1) is 14.1. The van der Waals surface area contributed by atoms with E-state index in [0.717, 1.165) is 16.9 Å². The highest BCUT2D eigenvalue weighted by molar-refractivity contribution is 5.78. The second-order valence-electron chi connectivity index (χ2n) is 4.75. The quantitative estimate of drug-likeness (QED) is 0.906. The van der Waals surface area contributed by atoms with Crippen molar-refractivity contribution in [1.29, 1.82) is 0 Å². The third-order valence-electron chi connectivity index (χ3n) is 3.12. The third kappa shape index (κ3) is 3.85. The van der Waals surface area contributed by atoms with Crippen molar-refractivity contribution in [2.45, 2.75) is 19.9 Å². The number of benzene rings is 2. The van der Waals surface area contributed by atoms with Crippen molar-refractivity contribution in [3.63, 3.8) is 0 Å². The molecule has 0 saturated heterocycles. The van der Waals surface area contributed by atoms with Crippen LogP contribution in [0.15, 0.2) is 48.5 Å². The number of hydrogen-bond donors (Lipinski definition) is 1. The van der Waals surface area contributed by atoms with E-state index in [1.165, 1.54) is 5.56 Å². The lowest BCUT2D eigenvalue weighted by atomic mass is 10.1. The molecule has 104 valence electrons. The van der Waals surface area contributed by atoms with Crippen molar-refractivity contribution >= 4 is 5.91 Å². The molecular formula is C17H19NO2. The molecule has 0 bridgehead atoms. The molecule has 3 heteroatoms. The molecule has 0 aliphatic carbocycles. The summed E-state index contributed by atoms with van der Waals surface area (Å²) in [5.74, 6) is 0.810. The molecule has 3 nitrogen and oxygen atoms in total. The van der Waals surface area contributed by atoms with Crippen molar-refractivity contribution in [3.05, 3.63) is 65.2 Å². The van der Waals surface area contributed by atoms with Gasteiger partial charge in [0.25, 0.3) is 0 Å². The second kappa shape index (κ2) is 6.75. The van der Waals surface area contributed by atoms with E-state index >= 15 is 0 Å². The van der Waals surface area contributed by atoms with Crippen LogP contribution in [0.2, 0.25) is 0 Å². The van der Waals surface area contributed by atoms with Gasteiger partial charge in [0, 0.05) is 12.1 Å². The molecule has 0 aliphatic heterocycles. The molecule has 2 aromatic rings. The lowest BCUT2D eigenvalue weighted by molar-refractivity contribution is -0.120. The normalized spacial score (nSPS) is 10.1. The molecule has 1 N–H and O–H groups in total. The average Bonchev–Trinajstić information content (AvgIpc) is 2.45. The molecule has 0 aromatic heterocycles. The predicted molar refractivity (Wildman–Crippen MR) is 79.7 cm³/mol. The van der Waals surface area contributed by atoms with E-state index in [0.29, 0.717) is 13.0 Å². The van der Waals surface area contributed by atoms with Crippen LogP contribution < -0.4 is 10.1 Å². The van der Waals surface area contributed by atoms with E-state index in [2.05, 4.69) is 5.32 Å². The number of hydrogen-bond acceptors (Lipinski definition) is 2. The number of carbonyl (C=O) groups excluding carboxylic acids is 1. The van der Waals surface area contributed by atoms with Crippen LogP contribution in [-0.2, 0) is 17.8 Å². The summed E-state index contributed by atoms with van der Waals surface area (Å²) >= 11 is 0. The van der Waals surface area contributed by atoms with Gasteiger partial charge in [0.05, 0.1) is 13.5 Å². The fourth-order valence-electron chi connectivity index (χ4n) is 2.11. The fraction of sp³-hybridized carbons (Fsp3) is 0.235. The van der Waals surface area contributed by atoms with Gasteiger partial charge in [0.2, 0.25) is 5.91 Å². The van der Waals surface area contributed by atoms with Crippen LogP contribution in [0.3, 0.4) is 0 Å². The monoisotopic (exact) mass is 269 g/mol. The number of ether oxygens (including phenoxy) is 1. The van der Waals surface area contributed by atoms with Gasteiger partial charge in [-0.25, -0.2) is 0 Å². The Morgan fingerprint density at radius 2 is 1.95 bits per heavy atom. The van der Waals surface area contributed by atoms with E-state index < -0.39 is 0 Å². The topological polar surface area (TPSA) is 38.3 Å². The zero-order valence-corrected chi connectivity index (χ0v) is 11.8. The first-order valence-corrected chi connectivity index (χ1v) is 6.63. The highest BCUT2D eigenvalue weighted by atomic mass is 16.5. The van der Waals surface area contributed by atoms with Crippen LogP contribution in [0.25, 0.3) is 0 Å². The van der Waals surface area contributed by atoms with Gasteiger partial charge in [0.15, 0.2) is 0 Å². The summed E-state index contributed by atoms with van der Waals surface area (Å²) in [6.45, 7) is 2.50. The predicted octanol–water partition coefficient (Wildman–Crippen LogP) is 2.86. The fourth-order valence-corrected chi connectivity index (χ4v) is 2.11. The smallest absolute Gasteiger partial charge is 0.224 e. The van der Waals surface area contributed by atoms with Crippen molar-refractivity contribution in [2.24, 2.45) is 0 Å². The summed E-state index contributed by atoms with van der Waals surface area (Å²) in [6.07, 6.45) is 0.400. The summed E-state index contributed by atoms with van der Waals surface area (Å²) in [5.41, 5.74) is 3.18. The Labute approximate surface area is 119 Å². The largest absolute Gasteiger partial charge is 0.496 e. The standard InChI is InChI=1S/C17H19NO2/c1-13-6-5-7-14(10-13)11-17(19)18-12-15-8-3-4-9-16(15)20-2/h3-10H,11-12H2,1-2H3,(H,18,19). The van der Waals surface area contributed by atoms with Crippen LogP contribution in [0.5, 0.6) is 5.75 Å². The maximum absolute atomic E-state index is 11.9. The Morgan fingerprint density at radius 3 is 2.70 bits per heavy atom. The number of carbonyl (C=O) groups is 1. The summed E-state index contributed by atoms with van der Waals surface area (Å²) in [4.78, 5) is 11.9.